The van der Waals surface area contributed by atoms with Gasteiger partial charge in [0.15, 0.2) is 5.75 Å². The molecule has 0 saturated heterocycles. The summed E-state index contributed by atoms with van der Waals surface area (Å²) >= 11 is 1.90. The number of nitrogens with zero attached hydrogens (tertiary/aromatic N) is 1. The standard InChI is InChI=1S/C67H41NOS/c1-2-19-42(20-3-1)44-21-10-15-33-61(44)68(62-34-18-30-53-47-24-6-5-23-46(47)51-28-11-16-35-63(51)69-66(53)62)43-37-38-59-54(39-43)48-25-7-4-22-45(48)49-26-8-13-31-57(49)67(59)58-32-14-9-27-50(58)55-40-56-52-29-12-17-36-64(52)70-65(56)41-60(55)67/h1-41H. The molecule has 0 fully saturated rings. The van der Waals surface area contributed by atoms with Gasteiger partial charge >= 0.3 is 0 Å². The Morgan fingerprint density at radius 2 is 0.843 bits per heavy atom. The molecule has 1 unspecified atom stereocenters. The first-order valence-corrected chi connectivity index (χ1v) is 24.9. The zero-order chi connectivity index (χ0) is 45.9. The maximum absolute atomic E-state index is 7.29. The zero-order valence-corrected chi connectivity index (χ0v) is 38.8. The Kier molecular flexibility index (Phi) is 8.48. The molecule has 1 aliphatic heterocycles. The lowest BCUT2D eigenvalue weighted by molar-refractivity contribution is 0.489. The van der Waals surface area contributed by atoms with E-state index < -0.39 is 5.41 Å². The minimum Gasteiger partial charge on any atom is -0.454 e. The Morgan fingerprint density at radius 1 is 0.314 bits per heavy atom. The Hall–Kier alpha value is -8.76. The minimum absolute atomic E-state index is 0.632. The lowest BCUT2D eigenvalue weighted by Gasteiger charge is -2.36. The second-order valence-corrected chi connectivity index (χ2v) is 19.7. The van der Waals surface area contributed by atoms with Crippen LogP contribution in [0, 0.1) is 0 Å². The lowest BCUT2D eigenvalue weighted by atomic mass is 9.66. The number of thiophene rings is 1. The first kappa shape index (κ1) is 39.3. The summed E-state index contributed by atoms with van der Waals surface area (Å²) in [4.78, 5) is 2.45. The maximum Gasteiger partial charge on any atom is 0.159 e. The summed E-state index contributed by atoms with van der Waals surface area (Å²) in [5, 5.41) is 2.63. The molecule has 2 nitrogen and oxygen atoms in total. The second kappa shape index (κ2) is 15.1. The average Bonchev–Trinajstić information content (AvgIpc) is 3.84. The summed E-state index contributed by atoms with van der Waals surface area (Å²) in [6.07, 6.45) is 0. The van der Waals surface area contributed by atoms with E-state index in [4.69, 9.17) is 4.74 Å². The van der Waals surface area contributed by atoms with Crippen molar-refractivity contribution in [2.24, 2.45) is 0 Å². The SMILES string of the molecule is c1ccc(-c2ccccc2N(c2ccc3c(c2)-c2ccccc2-c2ccccc2C32c3ccccc3-c3cc4c(cc32)sc2ccccc24)c2cccc3c2Oc2ccccc2-c2ccccc2-3)cc1. The van der Waals surface area contributed by atoms with E-state index in [1.807, 2.05) is 11.3 Å². The first-order valence-electron chi connectivity index (χ1n) is 24.1. The highest BCUT2D eigenvalue weighted by molar-refractivity contribution is 7.25. The summed E-state index contributed by atoms with van der Waals surface area (Å²) in [5.74, 6) is 1.65. The first-order chi connectivity index (χ1) is 34.7. The largest absolute Gasteiger partial charge is 0.454 e. The molecule has 70 heavy (non-hydrogen) atoms. The molecule has 11 aromatic carbocycles. The molecule has 326 valence electrons. The zero-order valence-electron chi connectivity index (χ0n) is 37.9. The number of rotatable bonds is 4. The number of para-hydroxylation sites is 3. The number of ether oxygens (including phenoxy) is 1. The molecule has 0 N–H and O–H groups in total. The Morgan fingerprint density at radius 3 is 1.61 bits per heavy atom. The average molecular weight is 908 g/mol. The molecule has 1 aromatic heterocycles. The predicted octanol–water partition coefficient (Wildman–Crippen LogP) is 18.6. The number of fused-ring (bicyclic) bond motifs is 20. The third-order valence-corrected chi connectivity index (χ3v) is 16.3. The van der Waals surface area contributed by atoms with E-state index in [-0.39, 0.29) is 0 Å². The monoisotopic (exact) mass is 907 g/mol. The molecule has 2 aliphatic carbocycles. The summed E-state index contributed by atoms with van der Waals surface area (Å²) in [7, 11) is 0. The molecular weight excluding hydrogens is 867 g/mol. The molecule has 15 rings (SSSR count). The van der Waals surface area contributed by atoms with Crippen molar-refractivity contribution < 1.29 is 4.74 Å². The second-order valence-electron chi connectivity index (χ2n) is 18.6. The van der Waals surface area contributed by atoms with Crippen molar-refractivity contribution in [3.63, 3.8) is 0 Å². The fraction of sp³-hybridized carbons (Fsp3) is 0.0149. The fourth-order valence-corrected chi connectivity index (χ4v) is 13.4. The van der Waals surface area contributed by atoms with Crippen LogP contribution < -0.4 is 9.64 Å². The summed E-state index contributed by atoms with van der Waals surface area (Å²) < 4.78 is 9.91. The lowest BCUT2D eigenvalue weighted by Crippen LogP contribution is -2.29. The van der Waals surface area contributed by atoms with Crippen LogP contribution >= 0.6 is 11.3 Å². The molecule has 1 spiro atoms. The van der Waals surface area contributed by atoms with Crippen LogP contribution in [0.4, 0.5) is 17.1 Å². The van der Waals surface area contributed by atoms with Gasteiger partial charge in [-0.05, 0) is 121 Å². The quantitative estimate of drug-likeness (QED) is 0.174. The van der Waals surface area contributed by atoms with Crippen molar-refractivity contribution in [1.29, 1.82) is 0 Å². The van der Waals surface area contributed by atoms with E-state index in [0.717, 1.165) is 61.9 Å². The topological polar surface area (TPSA) is 12.5 Å². The molecule has 2 heterocycles. The normalized spacial score (nSPS) is 14.5. The molecule has 0 bridgehead atoms. The number of hydrogen-bond donors (Lipinski definition) is 0. The van der Waals surface area contributed by atoms with E-state index in [0.29, 0.717) is 0 Å². The Bertz CT molecular complexity index is 4130. The molecule has 3 aliphatic rings. The van der Waals surface area contributed by atoms with Crippen molar-refractivity contribution in [1.82, 2.24) is 0 Å². The van der Waals surface area contributed by atoms with Crippen molar-refractivity contribution in [3.8, 4) is 78.3 Å². The van der Waals surface area contributed by atoms with Gasteiger partial charge in [0.25, 0.3) is 0 Å². The van der Waals surface area contributed by atoms with Crippen molar-refractivity contribution >= 4 is 48.6 Å². The third-order valence-electron chi connectivity index (χ3n) is 15.1. The molecule has 0 amide bonds. The van der Waals surface area contributed by atoms with Crippen LogP contribution in [0.2, 0.25) is 0 Å². The van der Waals surface area contributed by atoms with Gasteiger partial charge in [-0.15, -0.1) is 11.3 Å². The van der Waals surface area contributed by atoms with Crippen LogP contribution in [-0.2, 0) is 5.41 Å². The van der Waals surface area contributed by atoms with Gasteiger partial charge in [0, 0.05) is 42.6 Å². The van der Waals surface area contributed by atoms with E-state index in [9.17, 15) is 0 Å². The molecule has 0 saturated carbocycles. The predicted molar refractivity (Wildman–Crippen MR) is 292 cm³/mol. The molecule has 1 atom stereocenters. The van der Waals surface area contributed by atoms with Crippen LogP contribution in [0.25, 0.3) is 86.9 Å². The highest BCUT2D eigenvalue weighted by Crippen LogP contribution is 2.63. The van der Waals surface area contributed by atoms with E-state index in [1.54, 1.807) is 0 Å². The Labute approximate surface area is 410 Å². The summed E-state index contributed by atoms with van der Waals surface area (Å²) in [6.45, 7) is 0. The third kappa shape index (κ3) is 5.49. The summed E-state index contributed by atoms with van der Waals surface area (Å²) in [6, 6.07) is 92.0. The molecule has 0 radical (unpaired) electrons. The van der Waals surface area contributed by atoms with Crippen LogP contribution in [-0.4, -0.2) is 0 Å². The van der Waals surface area contributed by atoms with E-state index in [2.05, 4.69) is 254 Å². The van der Waals surface area contributed by atoms with Gasteiger partial charge < -0.3 is 9.64 Å². The smallest absolute Gasteiger partial charge is 0.159 e. The van der Waals surface area contributed by atoms with Gasteiger partial charge in [-0.1, -0.05) is 200 Å². The van der Waals surface area contributed by atoms with Crippen LogP contribution in [0.5, 0.6) is 11.5 Å². The van der Waals surface area contributed by atoms with Crippen molar-refractivity contribution in [2.45, 2.75) is 5.41 Å². The highest BCUT2D eigenvalue weighted by Gasteiger charge is 2.50. The highest BCUT2D eigenvalue weighted by atomic mass is 32.1. The molecule has 3 heteroatoms. The number of benzene rings is 11. The van der Waals surface area contributed by atoms with Gasteiger partial charge in [0.1, 0.15) is 5.75 Å². The van der Waals surface area contributed by atoms with Crippen molar-refractivity contribution in [2.75, 3.05) is 4.90 Å². The molecule has 12 aromatic rings. The summed E-state index contributed by atoms with van der Waals surface area (Å²) in [5.41, 5.74) is 21.8. The van der Waals surface area contributed by atoms with E-state index in [1.165, 1.54) is 75.8 Å². The molecular formula is C67H41NOS. The van der Waals surface area contributed by atoms with Gasteiger partial charge in [0.2, 0.25) is 0 Å². The van der Waals surface area contributed by atoms with Gasteiger partial charge in [-0.25, -0.2) is 0 Å². The van der Waals surface area contributed by atoms with Gasteiger partial charge in [-0.2, -0.15) is 0 Å². The Balaban J connectivity index is 1.05. The minimum atomic E-state index is -0.632. The van der Waals surface area contributed by atoms with Crippen LogP contribution in [0.15, 0.2) is 249 Å². The van der Waals surface area contributed by atoms with Gasteiger partial charge in [0.05, 0.1) is 16.8 Å². The van der Waals surface area contributed by atoms with Crippen LogP contribution in [0.1, 0.15) is 22.3 Å². The maximum atomic E-state index is 7.29. The van der Waals surface area contributed by atoms with E-state index >= 15 is 0 Å². The van der Waals surface area contributed by atoms with Crippen LogP contribution in [0.3, 0.4) is 0 Å². The van der Waals surface area contributed by atoms with Crippen molar-refractivity contribution in [3.05, 3.63) is 271 Å². The fourth-order valence-electron chi connectivity index (χ4n) is 12.2. The number of hydrogen-bond acceptors (Lipinski definition) is 3. The van der Waals surface area contributed by atoms with Gasteiger partial charge in [-0.3, -0.25) is 0 Å². The number of anilines is 3.